The number of hydrogen-bond acceptors (Lipinski definition) is 2. The van der Waals surface area contributed by atoms with Crippen LogP contribution in [-0.2, 0) is 0 Å². The first-order chi connectivity index (χ1) is 9.50. The molecule has 0 saturated heterocycles. The quantitative estimate of drug-likeness (QED) is 0.595. The van der Waals surface area contributed by atoms with E-state index in [0.717, 1.165) is 5.56 Å². The average molecular weight is 398 g/mol. The number of alkyl halides is 2. The van der Waals surface area contributed by atoms with E-state index in [0.29, 0.717) is 5.56 Å². The molecule has 2 rings (SSSR count). The summed E-state index contributed by atoms with van der Waals surface area (Å²) in [4.78, 5) is 11.8. The summed E-state index contributed by atoms with van der Waals surface area (Å²) in [5.41, 5.74) is 2.51. The molecule has 0 saturated carbocycles. The maximum atomic E-state index is 12.4. The van der Waals surface area contributed by atoms with Crippen LogP contribution in [0.4, 0.5) is 0 Å². The van der Waals surface area contributed by atoms with Gasteiger partial charge in [-0.15, -0.1) is 0 Å². The topological polar surface area (TPSA) is 37.3 Å². The first-order valence-electron chi connectivity index (χ1n) is 6.17. The van der Waals surface area contributed by atoms with Gasteiger partial charge in [0.2, 0.25) is 0 Å². The molecule has 0 spiro atoms. The van der Waals surface area contributed by atoms with Crippen LogP contribution in [0.3, 0.4) is 0 Å². The summed E-state index contributed by atoms with van der Waals surface area (Å²) in [6.45, 7) is 2.02. The third kappa shape index (κ3) is 3.30. The number of ketones is 1. The summed E-state index contributed by atoms with van der Waals surface area (Å²) in [7, 11) is 0. The zero-order valence-corrected chi connectivity index (χ0v) is 14.1. The molecule has 2 unspecified atom stereocenters. The van der Waals surface area contributed by atoms with Crippen molar-refractivity contribution in [1.29, 1.82) is 0 Å². The van der Waals surface area contributed by atoms with Crippen LogP contribution >= 0.6 is 31.9 Å². The molecule has 0 fully saturated rings. The zero-order chi connectivity index (χ0) is 14.7. The molecule has 1 N–H and O–H groups in total. The minimum Gasteiger partial charge on any atom is -0.507 e. The molecule has 2 aromatic rings. The predicted octanol–water partition coefficient (Wildman–Crippen LogP) is 4.78. The molecule has 0 aliphatic heterocycles. The number of benzene rings is 2. The van der Waals surface area contributed by atoms with E-state index in [1.165, 1.54) is 11.6 Å². The Kier molecular flexibility index (Phi) is 5.00. The fourth-order valence-electron chi connectivity index (χ4n) is 1.88. The number of carbonyl (C=O) groups excluding carboxylic acids is 1. The van der Waals surface area contributed by atoms with Crippen molar-refractivity contribution < 1.29 is 9.90 Å². The molecule has 104 valence electrons. The Balaban J connectivity index is 2.22. The minimum atomic E-state index is -0.446. The van der Waals surface area contributed by atoms with Gasteiger partial charge in [-0.25, -0.2) is 0 Å². The molecule has 0 aromatic heterocycles. The van der Waals surface area contributed by atoms with E-state index < -0.39 is 4.83 Å². The smallest absolute Gasteiger partial charge is 0.181 e. The van der Waals surface area contributed by atoms with Crippen LogP contribution < -0.4 is 0 Å². The zero-order valence-electron chi connectivity index (χ0n) is 10.9. The first-order valence-corrected chi connectivity index (χ1v) is 8.00. The second-order valence-electron chi connectivity index (χ2n) is 4.60. The molecule has 0 bridgehead atoms. The van der Waals surface area contributed by atoms with Crippen LogP contribution in [0.25, 0.3) is 0 Å². The van der Waals surface area contributed by atoms with Crippen molar-refractivity contribution in [2.24, 2.45) is 0 Å². The Labute approximate surface area is 135 Å². The number of halogens is 2. The molecule has 0 radical (unpaired) electrons. The standard InChI is InChI=1S/C16H14Br2O2/c1-10-6-8-11(9-7-10)14(17)15(18)16(20)12-4-2-3-5-13(12)19/h2-9,14-15,19H,1H3. The molecule has 4 heteroatoms. The fourth-order valence-corrected chi connectivity index (χ4v) is 2.98. The number of Topliss-reactive ketones (excluding diaryl/α,β-unsaturated/α-hetero) is 1. The van der Waals surface area contributed by atoms with Gasteiger partial charge >= 0.3 is 0 Å². The van der Waals surface area contributed by atoms with Crippen molar-refractivity contribution in [2.75, 3.05) is 0 Å². The summed E-state index contributed by atoms with van der Waals surface area (Å²) in [5.74, 6) is -0.142. The van der Waals surface area contributed by atoms with Crippen molar-refractivity contribution >= 4 is 37.6 Å². The van der Waals surface area contributed by atoms with Crippen molar-refractivity contribution in [2.45, 2.75) is 16.6 Å². The third-order valence-electron chi connectivity index (χ3n) is 3.07. The van der Waals surface area contributed by atoms with Gasteiger partial charge in [0.25, 0.3) is 0 Å². The molecular weight excluding hydrogens is 384 g/mol. The molecular formula is C16H14Br2O2. The lowest BCUT2D eigenvalue weighted by Crippen LogP contribution is -2.19. The van der Waals surface area contributed by atoms with Crippen LogP contribution in [0.5, 0.6) is 5.75 Å². The van der Waals surface area contributed by atoms with Crippen LogP contribution in [0, 0.1) is 6.92 Å². The second-order valence-corrected chi connectivity index (χ2v) is 6.57. The molecule has 0 aliphatic carbocycles. The van der Waals surface area contributed by atoms with Crippen molar-refractivity contribution in [1.82, 2.24) is 0 Å². The van der Waals surface area contributed by atoms with E-state index in [1.54, 1.807) is 18.2 Å². The van der Waals surface area contributed by atoms with Crippen LogP contribution in [-0.4, -0.2) is 15.7 Å². The van der Waals surface area contributed by atoms with E-state index in [-0.39, 0.29) is 16.4 Å². The van der Waals surface area contributed by atoms with Crippen LogP contribution in [0.15, 0.2) is 48.5 Å². The molecule has 2 atom stereocenters. The fraction of sp³-hybridized carbons (Fsp3) is 0.188. The normalized spacial score (nSPS) is 13.8. The van der Waals surface area contributed by atoms with Gasteiger partial charge in [-0.1, -0.05) is 73.8 Å². The van der Waals surface area contributed by atoms with Gasteiger partial charge in [0.15, 0.2) is 5.78 Å². The average Bonchev–Trinajstić information content (AvgIpc) is 2.46. The maximum absolute atomic E-state index is 12.4. The third-order valence-corrected chi connectivity index (χ3v) is 5.78. The number of aryl methyl sites for hydroxylation is 1. The van der Waals surface area contributed by atoms with Crippen molar-refractivity contribution in [3.63, 3.8) is 0 Å². The molecule has 2 aromatic carbocycles. The number of phenolic OH excluding ortho intramolecular Hbond substituents is 1. The number of hydrogen-bond donors (Lipinski definition) is 1. The number of para-hydroxylation sites is 1. The lowest BCUT2D eigenvalue weighted by atomic mass is 10.0. The van der Waals surface area contributed by atoms with Crippen molar-refractivity contribution in [3.8, 4) is 5.75 Å². The van der Waals surface area contributed by atoms with E-state index in [9.17, 15) is 9.90 Å². The van der Waals surface area contributed by atoms with E-state index >= 15 is 0 Å². The summed E-state index contributed by atoms with van der Waals surface area (Å²) in [6, 6.07) is 14.6. The maximum Gasteiger partial charge on any atom is 0.181 e. The van der Waals surface area contributed by atoms with Crippen LogP contribution in [0.1, 0.15) is 26.3 Å². The highest BCUT2D eigenvalue weighted by molar-refractivity contribution is 9.12. The Morgan fingerprint density at radius 3 is 2.25 bits per heavy atom. The molecule has 0 aliphatic rings. The molecule has 20 heavy (non-hydrogen) atoms. The van der Waals surface area contributed by atoms with Gasteiger partial charge in [0.1, 0.15) is 5.75 Å². The predicted molar refractivity (Wildman–Crippen MR) is 88.0 cm³/mol. The Morgan fingerprint density at radius 2 is 1.65 bits per heavy atom. The summed E-state index contributed by atoms with van der Waals surface area (Å²) < 4.78 is 0. The van der Waals surface area contributed by atoms with E-state index in [1.807, 2.05) is 31.2 Å². The number of rotatable bonds is 4. The highest BCUT2D eigenvalue weighted by atomic mass is 79.9. The van der Waals surface area contributed by atoms with Gasteiger partial charge < -0.3 is 5.11 Å². The van der Waals surface area contributed by atoms with Gasteiger partial charge in [-0.3, -0.25) is 4.79 Å². The van der Waals surface area contributed by atoms with Crippen LogP contribution in [0.2, 0.25) is 0 Å². The van der Waals surface area contributed by atoms with Gasteiger partial charge in [0.05, 0.1) is 15.2 Å². The van der Waals surface area contributed by atoms with Crippen molar-refractivity contribution in [3.05, 3.63) is 65.2 Å². The SMILES string of the molecule is Cc1ccc(C(Br)C(Br)C(=O)c2ccccc2O)cc1. The highest BCUT2D eigenvalue weighted by Crippen LogP contribution is 2.34. The van der Waals surface area contributed by atoms with Gasteiger partial charge in [0, 0.05) is 0 Å². The molecule has 0 amide bonds. The highest BCUT2D eigenvalue weighted by Gasteiger charge is 2.27. The lowest BCUT2D eigenvalue weighted by molar-refractivity contribution is 0.0988. The summed E-state index contributed by atoms with van der Waals surface area (Å²) >= 11 is 6.98. The Morgan fingerprint density at radius 1 is 1.05 bits per heavy atom. The second kappa shape index (κ2) is 6.55. The summed E-state index contributed by atoms with van der Waals surface area (Å²) in [5, 5.41) is 9.76. The molecule has 0 heterocycles. The first kappa shape index (κ1) is 15.3. The summed E-state index contributed by atoms with van der Waals surface area (Å²) in [6.07, 6.45) is 0. The minimum absolute atomic E-state index is 0.00514. The number of carbonyl (C=O) groups is 1. The monoisotopic (exact) mass is 396 g/mol. The van der Waals surface area contributed by atoms with E-state index in [2.05, 4.69) is 31.9 Å². The number of phenols is 1. The largest absolute Gasteiger partial charge is 0.507 e. The molecule has 2 nitrogen and oxygen atoms in total. The number of aromatic hydroxyl groups is 1. The van der Waals surface area contributed by atoms with Gasteiger partial charge in [-0.05, 0) is 24.6 Å². The lowest BCUT2D eigenvalue weighted by Gasteiger charge is -2.17. The van der Waals surface area contributed by atoms with Gasteiger partial charge in [-0.2, -0.15) is 0 Å². The Bertz CT molecular complexity index is 608. The Hall–Kier alpha value is -1.13. The van der Waals surface area contributed by atoms with E-state index in [4.69, 9.17) is 0 Å².